The Morgan fingerprint density at radius 2 is 1.62 bits per heavy atom. The molecule has 5 nitrogen and oxygen atoms in total. The van der Waals surface area contributed by atoms with Gasteiger partial charge in [-0.2, -0.15) is 0 Å². The van der Waals surface area contributed by atoms with Crippen LogP contribution >= 0.6 is 0 Å². The monoisotopic (exact) mass is 346 g/mol. The largest absolute Gasteiger partial charge is 0.454 e. The fourth-order valence-electron chi connectivity index (χ4n) is 2.75. The Morgan fingerprint density at radius 3 is 2.42 bits per heavy atom. The average molecular weight is 346 g/mol. The first-order valence-corrected chi connectivity index (χ1v) is 8.33. The molecule has 0 unspecified atom stereocenters. The number of rotatable bonds is 4. The molecule has 1 amide bonds. The molecule has 1 aliphatic rings. The highest BCUT2D eigenvalue weighted by atomic mass is 16.7. The van der Waals surface area contributed by atoms with Crippen LogP contribution in [0.2, 0.25) is 0 Å². The van der Waals surface area contributed by atoms with Gasteiger partial charge in [0.05, 0.1) is 0 Å². The number of anilines is 3. The van der Waals surface area contributed by atoms with E-state index < -0.39 is 0 Å². The predicted octanol–water partition coefficient (Wildman–Crippen LogP) is 4.72. The molecule has 3 aromatic rings. The van der Waals surface area contributed by atoms with Crippen LogP contribution < -0.4 is 20.1 Å². The maximum Gasteiger partial charge on any atom is 0.255 e. The quantitative estimate of drug-likeness (QED) is 0.718. The van der Waals surface area contributed by atoms with Gasteiger partial charge in [-0.3, -0.25) is 4.79 Å². The molecule has 0 spiro atoms. The molecule has 0 radical (unpaired) electrons. The van der Waals surface area contributed by atoms with Crippen LogP contribution in [-0.4, -0.2) is 12.7 Å². The lowest BCUT2D eigenvalue weighted by Gasteiger charge is -2.11. The number of carbonyl (C=O) groups excluding carboxylic acids is 1. The number of aryl methyl sites for hydroxylation is 1. The molecule has 5 heteroatoms. The van der Waals surface area contributed by atoms with Gasteiger partial charge in [-0.25, -0.2) is 0 Å². The number of fused-ring (bicyclic) bond motifs is 1. The highest BCUT2D eigenvalue weighted by molar-refractivity contribution is 6.04. The summed E-state index contributed by atoms with van der Waals surface area (Å²) in [7, 11) is 0. The average Bonchev–Trinajstić information content (AvgIpc) is 3.13. The molecule has 0 saturated carbocycles. The smallest absolute Gasteiger partial charge is 0.255 e. The van der Waals surface area contributed by atoms with Crippen molar-refractivity contribution in [2.45, 2.75) is 6.92 Å². The zero-order valence-corrected chi connectivity index (χ0v) is 14.3. The van der Waals surface area contributed by atoms with Gasteiger partial charge in [-0.1, -0.05) is 18.2 Å². The molecule has 0 bridgehead atoms. The minimum atomic E-state index is -0.192. The fraction of sp³-hybridized carbons (Fsp3) is 0.0952. The molecule has 2 N–H and O–H groups in total. The molecular weight excluding hydrogens is 328 g/mol. The first-order valence-electron chi connectivity index (χ1n) is 8.33. The van der Waals surface area contributed by atoms with Crippen molar-refractivity contribution in [1.29, 1.82) is 0 Å². The highest BCUT2D eigenvalue weighted by Gasteiger charge is 2.16. The van der Waals surface area contributed by atoms with Gasteiger partial charge in [0, 0.05) is 22.6 Å². The molecule has 130 valence electrons. The first kappa shape index (κ1) is 16.0. The molecule has 1 aliphatic heterocycles. The highest BCUT2D eigenvalue weighted by Crippen LogP contribution is 2.32. The van der Waals surface area contributed by atoms with Crippen molar-refractivity contribution in [3.05, 3.63) is 77.9 Å². The predicted molar refractivity (Wildman–Crippen MR) is 101 cm³/mol. The Morgan fingerprint density at radius 1 is 0.885 bits per heavy atom. The van der Waals surface area contributed by atoms with Crippen LogP contribution in [0.4, 0.5) is 17.1 Å². The number of ether oxygens (including phenoxy) is 2. The molecule has 3 aromatic carbocycles. The number of para-hydroxylation sites is 1. The van der Waals surface area contributed by atoms with Gasteiger partial charge in [0.1, 0.15) is 0 Å². The van der Waals surface area contributed by atoms with Gasteiger partial charge >= 0.3 is 0 Å². The van der Waals surface area contributed by atoms with E-state index in [4.69, 9.17) is 9.47 Å². The molecule has 4 rings (SSSR count). The third kappa shape index (κ3) is 3.32. The fourth-order valence-corrected chi connectivity index (χ4v) is 2.75. The second-order valence-corrected chi connectivity index (χ2v) is 6.04. The summed E-state index contributed by atoms with van der Waals surface area (Å²) in [6, 6.07) is 20.8. The van der Waals surface area contributed by atoms with Crippen molar-refractivity contribution in [1.82, 2.24) is 0 Å². The van der Waals surface area contributed by atoms with E-state index in [1.54, 1.807) is 18.2 Å². The summed E-state index contributed by atoms with van der Waals surface area (Å²) in [5.41, 5.74) is 4.44. The maximum absolute atomic E-state index is 12.4. The van der Waals surface area contributed by atoms with Crippen LogP contribution in [0.5, 0.6) is 11.5 Å². The standard InChI is InChI=1S/C21H18N2O3/c1-14-4-2-3-5-18(14)22-16-7-9-17(10-8-16)23-21(24)15-6-11-19-20(12-15)26-13-25-19/h2-12,22H,13H2,1H3,(H,23,24). The zero-order chi connectivity index (χ0) is 17.9. The number of carbonyl (C=O) groups is 1. The van der Waals surface area contributed by atoms with Crippen LogP contribution in [0.3, 0.4) is 0 Å². The minimum absolute atomic E-state index is 0.190. The second-order valence-electron chi connectivity index (χ2n) is 6.04. The van der Waals surface area contributed by atoms with E-state index in [1.165, 1.54) is 5.56 Å². The minimum Gasteiger partial charge on any atom is -0.454 e. The Balaban J connectivity index is 1.44. The van der Waals surface area contributed by atoms with Crippen LogP contribution in [-0.2, 0) is 0 Å². The number of nitrogens with one attached hydrogen (secondary N) is 2. The van der Waals surface area contributed by atoms with E-state index in [-0.39, 0.29) is 12.7 Å². The summed E-state index contributed by atoms with van der Waals surface area (Å²) in [4.78, 5) is 12.4. The summed E-state index contributed by atoms with van der Waals surface area (Å²) < 4.78 is 10.6. The molecule has 0 aliphatic carbocycles. The number of benzene rings is 3. The van der Waals surface area contributed by atoms with E-state index in [0.717, 1.165) is 17.1 Å². The van der Waals surface area contributed by atoms with Crippen molar-refractivity contribution in [3.63, 3.8) is 0 Å². The van der Waals surface area contributed by atoms with Gasteiger partial charge in [0.15, 0.2) is 11.5 Å². The molecule has 0 atom stereocenters. The van der Waals surface area contributed by atoms with Crippen molar-refractivity contribution in [2.75, 3.05) is 17.4 Å². The lowest BCUT2D eigenvalue weighted by molar-refractivity contribution is 0.102. The van der Waals surface area contributed by atoms with Crippen LogP contribution in [0.15, 0.2) is 66.7 Å². The maximum atomic E-state index is 12.4. The Hall–Kier alpha value is -3.47. The van der Waals surface area contributed by atoms with E-state index >= 15 is 0 Å². The molecular formula is C21H18N2O3. The Labute approximate surface area is 151 Å². The van der Waals surface area contributed by atoms with Crippen LogP contribution in [0.25, 0.3) is 0 Å². The van der Waals surface area contributed by atoms with E-state index in [1.807, 2.05) is 42.5 Å². The van der Waals surface area contributed by atoms with E-state index in [2.05, 4.69) is 23.6 Å². The summed E-state index contributed by atoms with van der Waals surface area (Å²) >= 11 is 0. The number of hydrogen-bond donors (Lipinski definition) is 2. The Bertz CT molecular complexity index is 952. The molecule has 0 saturated heterocycles. The van der Waals surface area contributed by atoms with E-state index in [0.29, 0.717) is 17.1 Å². The van der Waals surface area contributed by atoms with Gasteiger partial charge in [0.25, 0.3) is 5.91 Å². The lowest BCUT2D eigenvalue weighted by Crippen LogP contribution is -2.11. The molecule has 0 aromatic heterocycles. The van der Waals surface area contributed by atoms with Crippen molar-refractivity contribution < 1.29 is 14.3 Å². The van der Waals surface area contributed by atoms with Gasteiger partial charge < -0.3 is 20.1 Å². The molecule has 26 heavy (non-hydrogen) atoms. The van der Waals surface area contributed by atoms with Crippen molar-refractivity contribution in [2.24, 2.45) is 0 Å². The summed E-state index contributed by atoms with van der Waals surface area (Å²) in [5, 5.41) is 6.26. The van der Waals surface area contributed by atoms with Gasteiger partial charge in [0.2, 0.25) is 6.79 Å². The topological polar surface area (TPSA) is 59.6 Å². The van der Waals surface area contributed by atoms with Gasteiger partial charge in [-0.15, -0.1) is 0 Å². The van der Waals surface area contributed by atoms with Crippen molar-refractivity contribution in [3.8, 4) is 11.5 Å². The molecule has 1 heterocycles. The van der Waals surface area contributed by atoms with Crippen molar-refractivity contribution >= 4 is 23.0 Å². The third-order valence-electron chi connectivity index (χ3n) is 4.20. The number of amides is 1. The van der Waals surface area contributed by atoms with Gasteiger partial charge in [-0.05, 0) is 61.0 Å². The second kappa shape index (κ2) is 6.80. The molecule has 0 fully saturated rings. The van der Waals surface area contributed by atoms with Crippen LogP contribution in [0, 0.1) is 6.92 Å². The number of hydrogen-bond acceptors (Lipinski definition) is 4. The summed E-state index contributed by atoms with van der Waals surface area (Å²) in [5.74, 6) is 1.06. The third-order valence-corrected chi connectivity index (χ3v) is 4.20. The van der Waals surface area contributed by atoms with Crippen LogP contribution in [0.1, 0.15) is 15.9 Å². The first-order chi connectivity index (χ1) is 12.7. The lowest BCUT2D eigenvalue weighted by atomic mass is 10.1. The summed E-state index contributed by atoms with van der Waals surface area (Å²) in [6.07, 6.45) is 0. The summed E-state index contributed by atoms with van der Waals surface area (Å²) in [6.45, 7) is 2.25. The van der Waals surface area contributed by atoms with E-state index in [9.17, 15) is 4.79 Å². The Kier molecular flexibility index (Phi) is 4.19. The SMILES string of the molecule is Cc1ccccc1Nc1ccc(NC(=O)c2ccc3c(c2)OCO3)cc1. The normalized spacial score (nSPS) is 11.9. The zero-order valence-electron chi connectivity index (χ0n) is 14.3.